The number of nitrogens with zero attached hydrogens (tertiary/aromatic N) is 1. The molecule has 10 heteroatoms. The number of carbonyl (C=O) groups excluding carboxylic acids is 3. The van der Waals surface area contributed by atoms with Gasteiger partial charge in [-0.2, -0.15) is 0 Å². The van der Waals surface area contributed by atoms with Gasteiger partial charge >= 0.3 is 7.12 Å². The molecule has 2 bridgehead atoms. The second-order valence-corrected chi connectivity index (χ2v) is 14.6. The fourth-order valence-corrected chi connectivity index (χ4v) is 7.75. The number of hydrogen-bond donors (Lipinski definition) is 3. The highest BCUT2D eigenvalue weighted by Crippen LogP contribution is 2.65. The van der Waals surface area contributed by atoms with E-state index in [0.717, 1.165) is 29.3 Å². The summed E-state index contributed by atoms with van der Waals surface area (Å²) in [5.74, 6) is -0.410. The summed E-state index contributed by atoms with van der Waals surface area (Å²) in [5.41, 5.74) is 2.37. The predicted molar refractivity (Wildman–Crippen MR) is 178 cm³/mol. The van der Waals surface area contributed by atoms with E-state index in [-0.39, 0.29) is 29.9 Å². The molecular weight excluding hydrogens is 579 g/mol. The number of hydrogen-bond acceptors (Lipinski definition) is 6. The van der Waals surface area contributed by atoms with Crippen LogP contribution in [-0.2, 0) is 14.1 Å². The van der Waals surface area contributed by atoms with Gasteiger partial charge in [0.05, 0.1) is 28.7 Å². The summed E-state index contributed by atoms with van der Waals surface area (Å²) in [4.78, 5) is 45.0. The van der Waals surface area contributed by atoms with Gasteiger partial charge < -0.3 is 25.3 Å². The Morgan fingerprint density at radius 2 is 1.72 bits per heavy atom. The molecule has 2 heterocycles. The van der Waals surface area contributed by atoms with Gasteiger partial charge in [-0.15, -0.1) is 0 Å². The molecule has 4 fully saturated rings. The van der Waals surface area contributed by atoms with Crippen LogP contribution in [-0.4, -0.2) is 60.1 Å². The van der Waals surface area contributed by atoms with Crippen LogP contribution in [0.4, 0.5) is 0 Å². The first-order valence-electron chi connectivity index (χ1n) is 16.5. The summed E-state index contributed by atoms with van der Waals surface area (Å²) >= 11 is 0. The molecule has 7 rings (SSSR count). The lowest BCUT2D eigenvalue weighted by Crippen LogP contribution is -2.65. The smallest absolute Gasteiger partial charge is 0.404 e. The standard InChI is InChI=1S/C36H45BN4O5/c1-21(2)15-31(37-45-30-18-26-17-29(35(26,4)5)36(30,6)46-37)41-34(44)28(20-39-32(42)23-13-11-22(3)12-14-23)40-33(43)25-16-24-9-7-8-10-27(24)38-19-25/h7-14,16,19,21,26,28-31H,15,17-18,20H2,1-6H3,(H,39,42)(H,40,43)(H,41,44)/t26-,28+,29-,30-,31+,36+/m1/s1. The first-order valence-corrected chi connectivity index (χ1v) is 16.5. The number of amides is 3. The van der Waals surface area contributed by atoms with Crippen molar-refractivity contribution in [1.82, 2.24) is 20.9 Å². The fourth-order valence-electron chi connectivity index (χ4n) is 7.75. The van der Waals surface area contributed by atoms with Crippen LogP contribution in [0.3, 0.4) is 0 Å². The summed E-state index contributed by atoms with van der Waals surface area (Å²) in [6.45, 7) is 12.8. The highest BCUT2D eigenvalue weighted by atomic mass is 16.7. The zero-order valence-corrected chi connectivity index (χ0v) is 27.6. The third-order valence-electron chi connectivity index (χ3n) is 10.6. The maximum absolute atomic E-state index is 14.0. The molecule has 6 atom stereocenters. The maximum Gasteiger partial charge on any atom is 0.481 e. The second kappa shape index (κ2) is 12.5. The molecule has 1 aromatic heterocycles. The predicted octanol–water partition coefficient (Wildman–Crippen LogP) is 4.87. The van der Waals surface area contributed by atoms with E-state index >= 15 is 0 Å². The van der Waals surface area contributed by atoms with E-state index in [4.69, 9.17) is 9.31 Å². The Kier molecular flexibility index (Phi) is 8.72. The molecule has 46 heavy (non-hydrogen) atoms. The van der Waals surface area contributed by atoms with Crippen molar-refractivity contribution in [2.24, 2.45) is 23.2 Å². The van der Waals surface area contributed by atoms with Crippen LogP contribution < -0.4 is 16.0 Å². The van der Waals surface area contributed by atoms with Crippen molar-refractivity contribution < 1.29 is 23.7 Å². The Morgan fingerprint density at radius 1 is 0.978 bits per heavy atom. The molecule has 2 aromatic carbocycles. The largest absolute Gasteiger partial charge is 0.481 e. The number of aromatic nitrogens is 1. The third-order valence-corrected chi connectivity index (χ3v) is 10.6. The molecule has 0 radical (unpaired) electrons. The number of rotatable bonds is 10. The SMILES string of the molecule is Cc1ccc(C(=O)NC[C@H](NC(=O)c2cnc3ccccc3c2)C(=O)N[C@@H](CC(C)C)B2O[C@@H]3C[C@H]4C[C@H](C4(C)C)[C@]3(C)O2)cc1. The molecule has 242 valence electrons. The lowest BCUT2D eigenvalue weighted by atomic mass is 9.43. The maximum atomic E-state index is 14.0. The van der Waals surface area contributed by atoms with Gasteiger partial charge in [0.15, 0.2) is 0 Å². The number of aryl methyl sites for hydroxylation is 1. The summed E-state index contributed by atoms with van der Waals surface area (Å²) < 4.78 is 13.3. The first kappa shape index (κ1) is 32.2. The van der Waals surface area contributed by atoms with Gasteiger partial charge in [0, 0.05) is 23.7 Å². The van der Waals surface area contributed by atoms with E-state index in [1.54, 1.807) is 18.2 Å². The number of pyridine rings is 1. The summed E-state index contributed by atoms with van der Waals surface area (Å²) in [7, 11) is -0.611. The molecule has 3 aliphatic carbocycles. The second-order valence-electron chi connectivity index (χ2n) is 14.6. The number of nitrogens with one attached hydrogen (secondary N) is 3. The Hall–Kier alpha value is -3.76. The molecule has 0 spiro atoms. The Morgan fingerprint density at radius 3 is 2.43 bits per heavy atom. The van der Waals surface area contributed by atoms with Crippen molar-refractivity contribution in [2.45, 2.75) is 84.5 Å². The van der Waals surface area contributed by atoms with Crippen molar-refractivity contribution in [3.63, 3.8) is 0 Å². The lowest BCUT2D eigenvalue weighted by molar-refractivity contribution is -0.199. The average molecular weight is 625 g/mol. The molecule has 3 saturated carbocycles. The van der Waals surface area contributed by atoms with Crippen LogP contribution in [0.5, 0.6) is 0 Å². The van der Waals surface area contributed by atoms with Crippen LogP contribution in [0.1, 0.15) is 80.2 Å². The molecule has 1 saturated heterocycles. The number of carbonyl (C=O) groups is 3. The van der Waals surface area contributed by atoms with E-state index in [1.807, 2.05) is 43.3 Å². The van der Waals surface area contributed by atoms with Gasteiger partial charge in [-0.05, 0) is 80.5 Å². The van der Waals surface area contributed by atoms with E-state index in [9.17, 15) is 14.4 Å². The third kappa shape index (κ3) is 6.17. The molecule has 3 aromatic rings. The summed E-state index contributed by atoms with van der Waals surface area (Å²) in [5, 5.41) is 9.67. The van der Waals surface area contributed by atoms with Crippen molar-refractivity contribution in [3.05, 3.63) is 77.5 Å². The minimum Gasteiger partial charge on any atom is -0.404 e. The monoisotopic (exact) mass is 624 g/mol. The Balaban J connectivity index is 1.21. The molecule has 1 aliphatic heterocycles. The number of para-hydroxylation sites is 1. The van der Waals surface area contributed by atoms with Crippen molar-refractivity contribution >= 4 is 35.7 Å². The zero-order valence-electron chi connectivity index (χ0n) is 27.6. The van der Waals surface area contributed by atoms with Crippen molar-refractivity contribution in [2.75, 3.05) is 6.54 Å². The molecule has 3 amide bonds. The van der Waals surface area contributed by atoms with E-state index in [0.29, 0.717) is 29.4 Å². The van der Waals surface area contributed by atoms with Gasteiger partial charge in [-0.3, -0.25) is 19.4 Å². The van der Waals surface area contributed by atoms with Gasteiger partial charge in [0.25, 0.3) is 11.8 Å². The van der Waals surface area contributed by atoms with Gasteiger partial charge in [0.2, 0.25) is 5.91 Å². The van der Waals surface area contributed by atoms with Crippen LogP contribution in [0.2, 0.25) is 0 Å². The topological polar surface area (TPSA) is 119 Å². The van der Waals surface area contributed by atoms with Gasteiger partial charge in [-0.1, -0.05) is 63.6 Å². The van der Waals surface area contributed by atoms with Crippen LogP contribution in [0.15, 0.2) is 60.8 Å². The van der Waals surface area contributed by atoms with Crippen molar-refractivity contribution in [3.8, 4) is 0 Å². The van der Waals surface area contributed by atoms with Crippen LogP contribution >= 0.6 is 0 Å². The van der Waals surface area contributed by atoms with Crippen LogP contribution in [0, 0.1) is 30.1 Å². The highest BCUT2D eigenvalue weighted by molar-refractivity contribution is 6.48. The lowest BCUT2D eigenvalue weighted by Gasteiger charge is -2.64. The average Bonchev–Trinajstić information content (AvgIpc) is 3.39. The first-order chi connectivity index (χ1) is 21.8. The molecule has 3 N–H and O–H groups in total. The van der Waals surface area contributed by atoms with E-state index in [2.05, 4.69) is 55.6 Å². The summed E-state index contributed by atoms with van der Waals surface area (Å²) in [6, 6.07) is 15.4. The van der Waals surface area contributed by atoms with E-state index in [1.165, 1.54) is 6.20 Å². The zero-order chi connectivity index (χ0) is 32.8. The van der Waals surface area contributed by atoms with E-state index < -0.39 is 36.5 Å². The minimum atomic E-state index is -1.06. The highest BCUT2D eigenvalue weighted by Gasteiger charge is 2.68. The minimum absolute atomic E-state index is 0.0226. The molecule has 4 aliphatic rings. The van der Waals surface area contributed by atoms with Gasteiger partial charge in [-0.25, -0.2) is 0 Å². The molecule has 0 unspecified atom stereocenters. The Labute approximate surface area is 271 Å². The normalized spacial score (nSPS) is 25.7. The van der Waals surface area contributed by atoms with Crippen LogP contribution in [0.25, 0.3) is 10.9 Å². The molecule has 9 nitrogen and oxygen atoms in total. The van der Waals surface area contributed by atoms with Crippen molar-refractivity contribution in [1.29, 1.82) is 0 Å². The number of fused-ring (bicyclic) bond motifs is 1. The summed E-state index contributed by atoms with van der Waals surface area (Å²) in [6.07, 6.45) is 4.18. The molecular formula is C36H45BN4O5. The fraction of sp³-hybridized carbons (Fsp3) is 0.500. The Bertz CT molecular complexity index is 1630. The van der Waals surface area contributed by atoms with Gasteiger partial charge in [0.1, 0.15) is 6.04 Å². The number of benzene rings is 2. The quantitative estimate of drug-likeness (QED) is 0.277.